The first-order valence-corrected chi connectivity index (χ1v) is 15.3. The molecule has 3 fully saturated rings. The Kier molecular flexibility index (Phi) is 8.49. The van der Waals surface area contributed by atoms with Crippen LogP contribution in [0.1, 0.15) is 62.4 Å². The molecular formula is C36H44O6. The molecule has 0 bridgehead atoms. The van der Waals surface area contributed by atoms with E-state index < -0.39 is 0 Å². The zero-order valence-corrected chi connectivity index (χ0v) is 25.9. The molecule has 0 N–H and O–H groups in total. The maximum absolute atomic E-state index is 6.13. The zero-order valence-electron chi connectivity index (χ0n) is 25.9. The Balaban J connectivity index is 1.28. The highest BCUT2D eigenvalue weighted by atomic mass is 16.6. The number of hydrogen-bond acceptors (Lipinski definition) is 6. The third kappa shape index (κ3) is 7.11. The first-order valence-electron chi connectivity index (χ1n) is 15.3. The summed E-state index contributed by atoms with van der Waals surface area (Å²) in [5, 5.41) is 0. The van der Waals surface area contributed by atoms with E-state index in [1.807, 2.05) is 0 Å². The van der Waals surface area contributed by atoms with Crippen LogP contribution in [0, 0.1) is 41.5 Å². The highest BCUT2D eigenvalue weighted by molar-refractivity contribution is 5.51. The maximum atomic E-state index is 6.13. The van der Waals surface area contributed by atoms with Crippen LogP contribution in [-0.4, -0.2) is 58.0 Å². The molecule has 224 valence electrons. The van der Waals surface area contributed by atoms with Crippen LogP contribution in [0.5, 0.6) is 17.2 Å². The molecule has 0 amide bonds. The fourth-order valence-electron chi connectivity index (χ4n) is 5.78. The lowest BCUT2D eigenvalue weighted by Gasteiger charge is -2.25. The van der Waals surface area contributed by atoms with Gasteiger partial charge < -0.3 is 28.4 Å². The Labute approximate surface area is 250 Å². The quantitative estimate of drug-likeness (QED) is 0.202. The lowest BCUT2D eigenvalue weighted by molar-refractivity contribution is 0.261. The van der Waals surface area contributed by atoms with Crippen molar-refractivity contribution in [2.24, 2.45) is 0 Å². The molecule has 6 rings (SSSR count). The number of epoxide rings is 3. The molecule has 3 saturated heterocycles. The van der Waals surface area contributed by atoms with Crippen molar-refractivity contribution in [3.63, 3.8) is 0 Å². The van der Waals surface area contributed by atoms with Crippen LogP contribution in [0.3, 0.4) is 0 Å². The minimum Gasteiger partial charge on any atom is -0.491 e. The smallest absolute Gasteiger partial charge is 0.122 e. The summed E-state index contributed by atoms with van der Waals surface area (Å²) in [6, 6.07) is 13.6. The lowest BCUT2D eigenvalue weighted by atomic mass is 9.80. The molecule has 3 atom stereocenters. The van der Waals surface area contributed by atoms with Crippen LogP contribution in [0.25, 0.3) is 0 Å². The van der Waals surface area contributed by atoms with E-state index in [9.17, 15) is 0 Å². The average Bonchev–Trinajstić information content (AvgIpc) is 3.79. The third-order valence-corrected chi connectivity index (χ3v) is 8.70. The molecule has 3 aliphatic heterocycles. The van der Waals surface area contributed by atoms with Crippen molar-refractivity contribution in [1.82, 2.24) is 0 Å². The monoisotopic (exact) mass is 572 g/mol. The molecule has 0 aromatic heterocycles. The molecule has 3 aromatic rings. The number of aryl methyl sites for hydroxylation is 7. The van der Waals surface area contributed by atoms with Gasteiger partial charge >= 0.3 is 0 Å². The normalized spacial score (nSPS) is 21.1. The van der Waals surface area contributed by atoms with E-state index in [2.05, 4.69) is 77.9 Å². The molecule has 0 saturated carbocycles. The molecule has 3 heterocycles. The van der Waals surface area contributed by atoms with Gasteiger partial charge in [0, 0.05) is 5.92 Å². The molecule has 42 heavy (non-hydrogen) atoms. The van der Waals surface area contributed by atoms with Gasteiger partial charge in [0.25, 0.3) is 0 Å². The molecule has 6 heteroatoms. The molecule has 0 radical (unpaired) electrons. The highest BCUT2D eigenvalue weighted by Crippen LogP contribution is 2.39. The summed E-state index contributed by atoms with van der Waals surface area (Å²) in [6.07, 6.45) is 2.68. The molecule has 3 aliphatic rings. The Morgan fingerprint density at radius 3 is 1.33 bits per heavy atom. The topological polar surface area (TPSA) is 65.3 Å². The average molecular weight is 573 g/mol. The van der Waals surface area contributed by atoms with Gasteiger partial charge in [-0.1, -0.05) is 18.2 Å². The predicted molar refractivity (Wildman–Crippen MR) is 164 cm³/mol. The summed E-state index contributed by atoms with van der Waals surface area (Å²) >= 11 is 0. The first-order chi connectivity index (χ1) is 20.2. The Morgan fingerprint density at radius 2 is 0.929 bits per heavy atom. The summed E-state index contributed by atoms with van der Waals surface area (Å²) in [4.78, 5) is 0. The van der Waals surface area contributed by atoms with Gasteiger partial charge in [-0.3, -0.25) is 0 Å². The minimum absolute atomic E-state index is 0.228. The standard InChI is InChI=1S/C36H44O6/c1-21-12-34(40-18-28-15-37-28)24(4)9-27(21)7-8-31(32-10-25(5)35(13-22(32)2)41-19-29-16-38-29)33-11-26(6)36(14-23(33)3)42-20-30-17-39-30/h9-14,28-31H,7-8,15-20H2,1-6H3. The Hall–Kier alpha value is -3.06. The highest BCUT2D eigenvalue weighted by Gasteiger charge is 2.27. The number of ether oxygens (including phenoxy) is 6. The predicted octanol–water partition coefficient (Wildman–Crippen LogP) is 6.63. The van der Waals surface area contributed by atoms with Gasteiger partial charge in [-0.05, 0) is 123 Å². The molecule has 3 unspecified atom stereocenters. The number of hydrogen-bond donors (Lipinski definition) is 0. The van der Waals surface area contributed by atoms with Crippen LogP contribution in [0.15, 0.2) is 36.4 Å². The fraction of sp³-hybridized carbons (Fsp3) is 0.500. The van der Waals surface area contributed by atoms with Crippen molar-refractivity contribution < 1.29 is 28.4 Å². The van der Waals surface area contributed by atoms with Crippen LogP contribution >= 0.6 is 0 Å². The van der Waals surface area contributed by atoms with Crippen molar-refractivity contribution >= 4 is 0 Å². The van der Waals surface area contributed by atoms with E-state index in [1.165, 1.54) is 38.9 Å². The van der Waals surface area contributed by atoms with E-state index in [-0.39, 0.29) is 24.2 Å². The number of rotatable bonds is 14. The second-order valence-corrected chi connectivity index (χ2v) is 12.4. The van der Waals surface area contributed by atoms with Gasteiger partial charge in [-0.2, -0.15) is 0 Å². The van der Waals surface area contributed by atoms with E-state index >= 15 is 0 Å². The first kappa shape index (κ1) is 29.0. The summed E-state index contributed by atoms with van der Waals surface area (Å²) in [7, 11) is 0. The van der Waals surface area contributed by atoms with Crippen molar-refractivity contribution in [2.45, 2.75) is 78.6 Å². The largest absolute Gasteiger partial charge is 0.491 e. The van der Waals surface area contributed by atoms with Gasteiger partial charge in [0.1, 0.15) is 55.4 Å². The molecule has 0 spiro atoms. The summed E-state index contributed by atoms with van der Waals surface area (Å²) in [5.41, 5.74) is 11.3. The second kappa shape index (κ2) is 12.3. The van der Waals surface area contributed by atoms with Crippen LogP contribution in [0.4, 0.5) is 0 Å². The van der Waals surface area contributed by atoms with E-state index in [1.54, 1.807) is 0 Å². The van der Waals surface area contributed by atoms with Crippen molar-refractivity contribution in [3.8, 4) is 17.2 Å². The van der Waals surface area contributed by atoms with Crippen LogP contribution in [-0.2, 0) is 20.6 Å². The lowest BCUT2D eigenvalue weighted by Crippen LogP contribution is -2.11. The van der Waals surface area contributed by atoms with Crippen molar-refractivity contribution in [3.05, 3.63) is 86.5 Å². The molecule has 6 nitrogen and oxygen atoms in total. The van der Waals surface area contributed by atoms with E-state index in [4.69, 9.17) is 28.4 Å². The molecule has 3 aromatic carbocycles. The second-order valence-electron chi connectivity index (χ2n) is 12.4. The molecular weight excluding hydrogens is 528 g/mol. The third-order valence-electron chi connectivity index (χ3n) is 8.70. The van der Waals surface area contributed by atoms with Gasteiger partial charge in [0.2, 0.25) is 0 Å². The van der Waals surface area contributed by atoms with Crippen LogP contribution in [0.2, 0.25) is 0 Å². The minimum atomic E-state index is 0.228. The van der Waals surface area contributed by atoms with E-state index in [0.29, 0.717) is 19.8 Å². The number of benzene rings is 3. The van der Waals surface area contributed by atoms with Crippen molar-refractivity contribution in [2.75, 3.05) is 39.6 Å². The van der Waals surface area contributed by atoms with Gasteiger partial charge in [0.15, 0.2) is 0 Å². The van der Waals surface area contributed by atoms with E-state index in [0.717, 1.165) is 61.0 Å². The van der Waals surface area contributed by atoms with Gasteiger partial charge in [0.05, 0.1) is 19.8 Å². The summed E-state index contributed by atoms with van der Waals surface area (Å²) in [6.45, 7) is 17.3. The van der Waals surface area contributed by atoms with Gasteiger partial charge in [-0.25, -0.2) is 0 Å². The Morgan fingerprint density at radius 1 is 0.548 bits per heavy atom. The summed E-state index contributed by atoms with van der Waals surface area (Å²) < 4.78 is 34.4. The summed E-state index contributed by atoms with van der Waals surface area (Å²) in [5.74, 6) is 3.08. The maximum Gasteiger partial charge on any atom is 0.122 e. The SMILES string of the molecule is Cc1cc(OCC2CO2)c(C)cc1CCC(c1cc(C)c(OCC2CO2)cc1C)c1cc(C)c(OCC2CO2)cc1C. The Bertz CT molecular complexity index is 1360. The van der Waals surface area contributed by atoms with Gasteiger partial charge in [-0.15, -0.1) is 0 Å². The van der Waals surface area contributed by atoms with Crippen LogP contribution < -0.4 is 14.2 Å². The molecule has 0 aliphatic carbocycles. The zero-order chi connectivity index (χ0) is 29.4. The fourth-order valence-corrected chi connectivity index (χ4v) is 5.78. The van der Waals surface area contributed by atoms with Crippen molar-refractivity contribution in [1.29, 1.82) is 0 Å².